The number of hydrogen-bond donors (Lipinski definition) is 1. The lowest BCUT2D eigenvalue weighted by Crippen LogP contribution is -1.89. The summed E-state index contributed by atoms with van der Waals surface area (Å²) in [5.41, 5.74) is 1.90. The van der Waals surface area contributed by atoms with E-state index in [9.17, 15) is 5.11 Å². The van der Waals surface area contributed by atoms with Crippen molar-refractivity contribution < 1.29 is 5.11 Å². The van der Waals surface area contributed by atoms with Gasteiger partial charge in [-0.2, -0.15) is 0 Å². The monoisotopic (exact) mass is 253 g/mol. The van der Waals surface area contributed by atoms with Crippen molar-refractivity contribution >= 4 is 22.9 Å². The van der Waals surface area contributed by atoms with E-state index in [2.05, 4.69) is 4.98 Å². The van der Waals surface area contributed by atoms with Gasteiger partial charge in [0.2, 0.25) is 0 Å². The summed E-state index contributed by atoms with van der Waals surface area (Å²) in [5.74, 6) is 0. The summed E-state index contributed by atoms with van der Waals surface area (Å²) < 4.78 is 0. The Morgan fingerprint density at radius 1 is 1.44 bits per heavy atom. The van der Waals surface area contributed by atoms with E-state index in [1.165, 1.54) is 11.3 Å². The molecular formula is C12H12ClNOS. The number of aliphatic hydroxyl groups is 1. The maximum absolute atomic E-state index is 9.48. The van der Waals surface area contributed by atoms with Gasteiger partial charge >= 0.3 is 0 Å². The predicted octanol–water partition coefficient (Wildman–Crippen LogP) is 3.83. The molecule has 0 radical (unpaired) electrons. The van der Waals surface area contributed by atoms with Crippen LogP contribution in [0.5, 0.6) is 0 Å². The van der Waals surface area contributed by atoms with Gasteiger partial charge in [-0.05, 0) is 26.0 Å². The molecule has 0 aliphatic carbocycles. The molecule has 0 amide bonds. The highest BCUT2D eigenvalue weighted by atomic mass is 35.5. The zero-order valence-electron chi connectivity index (χ0n) is 9.07. The van der Waals surface area contributed by atoms with E-state index in [4.69, 9.17) is 11.6 Å². The molecule has 0 saturated heterocycles. The Kier molecular flexibility index (Phi) is 3.28. The van der Waals surface area contributed by atoms with E-state index in [0.717, 1.165) is 21.1 Å². The maximum Gasteiger partial charge on any atom is 0.122 e. The molecule has 1 aromatic carbocycles. The molecule has 0 spiro atoms. The number of rotatable bonds is 2. The van der Waals surface area contributed by atoms with Crippen molar-refractivity contribution in [2.24, 2.45) is 0 Å². The Morgan fingerprint density at radius 2 is 2.19 bits per heavy atom. The lowest BCUT2D eigenvalue weighted by molar-refractivity contribution is 0.199. The van der Waals surface area contributed by atoms with Crippen LogP contribution < -0.4 is 0 Å². The minimum atomic E-state index is -0.517. The van der Waals surface area contributed by atoms with Gasteiger partial charge in [0.25, 0.3) is 0 Å². The molecule has 84 valence electrons. The first-order valence-corrected chi connectivity index (χ1v) is 6.18. The molecule has 16 heavy (non-hydrogen) atoms. The van der Waals surface area contributed by atoms with Crippen LogP contribution >= 0.6 is 22.9 Å². The van der Waals surface area contributed by atoms with E-state index < -0.39 is 6.10 Å². The summed E-state index contributed by atoms with van der Waals surface area (Å²) in [6.07, 6.45) is -0.517. The van der Waals surface area contributed by atoms with Crippen molar-refractivity contribution in [2.75, 3.05) is 0 Å². The summed E-state index contributed by atoms with van der Waals surface area (Å²) in [6, 6.07) is 7.59. The first-order valence-electron chi connectivity index (χ1n) is 4.99. The molecule has 2 aromatic rings. The van der Waals surface area contributed by atoms with Crippen molar-refractivity contribution in [3.63, 3.8) is 0 Å². The molecular weight excluding hydrogens is 242 g/mol. The normalized spacial score (nSPS) is 12.8. The topological polar surface area (TPSA) is 33.1 Å². The third-order valence-electron chi connectivity index (χ3n) is 2.27. The van der Waals surface area contributed by atoms with Gasteiger partial charge in [0.1, 0.15) is 11.1 Å². The lowest BCUT2D eigenvalue weighted by Gasteiger charge is -1.99. The lowest BCUT2D eigenvalue weighted by atomic mass is 10.1. The second-order valence-electron chi connectivity index (χ2n) is 3.64. The zero-order valence-corrected chi connectivity index (χ0v) is 10.6. The minimum Gasteiger partial charge on any atom is -0.386 e. The molecule has 1 aromatic heterocycles. The summed E-state index contributed by atoms with van der Waals surface area (Å²) in [4.78, 5) is 5.53. The maximum atomic E-state index is 9.48. The van der Waals surface area contributed by atoms with Crippen molar-refractivity contribution in [3.8, 4) is 11.3 Å². The van der Waals surface area contributed by atoms with Crippen molar-refractivity contribution in [2.45, 2.75) is 20.0 Å². The highest BCUT2D eigenvalue weighted by Gasteiger charge is 2.12. The van der Waals surface area contributed by atoms with Crippen molar-refractivity contribution in [1.29, 1.82) is 0 Å². The van der Waals surface area contributed by atoms with Crippen LogP contribution in [0.3, 0.4) is 0 Å². The highest BCUT2D eigenvalue weighted by molar-refractivity contribution is 7.12. The van der Waals surface area contributed by atoms with Crippen LogP contribution in [0.1, 0.15) is 22.9 Å². The van der Waals surface area contributed by atoms with E-state index in [1.54, 1.807) is 6.92 Å². The van der Waals surface area contributed by atoms with Gasteiger partial charge in [0, 0.05) is 15.5 Å². The number of aryl methyl sites for hydroxylation is 1. The Labute approximate surface area is 104 Å². The quantitative estimate of drug-likeness (QED) is 0.883. The van der Waals surface area contributed by atoms with E-state index >= 15 is 0 Å². The van der Waals surface area contributed by atoms with Crippen LogP contribution in [0.4, 0.5) is 0 Å². The van der Waals surface area contributed by atoms with Crippen molar-refractivity contribution in [3.05, 3.63) is 39.2 Å². The van der Waals surface area contributed by atoms with Gasteiger partial charge in [-0.1, -0.05) is 23.7 Å². The second-order valence-corrected chi connectivity index (χ2v) is 5.31. The largest absolute Gasteiger partial charge is 0.386 e. The fourth-order valence-corrected chi connectivity index (χ4v) is 2.57. The number of thiazole rings is 1. The molecule has 1 N–H and O–H groups in total. The third-order valence-corrected chi connectivity index (χ3v) is 3.64. The molecule has 2 nitrogen and oxygen atoms in total. The number of hydrogen-bond acceptors (Lipinski definition) is 3. The van der Waals surface area contributed by atoms with E-state index in [0.29, 0.717) is 5.02 Å². The van der Waals surface area contributed by atoms with Gasteiger partial charge in [0.05, 0.1) is 5.69 Å². The number of halogens is 1. The Hall–Kier alpha value is -0.900. The first-order chi connectivity index (χ1) is 7.58. The van der Waals surface area contributed by atoms with Gasteiger partial charge < -0.3 is 5.11 Å². The third kappa shape index (κ3) is 2.26. The van der Waals surface area contributed by atoms with Crippen LogP contribution in [0.2, 0.25) is 5.02 Å². The fraction of sp³-hybridized carbons (Fsp3) is 0.250. The van der Waals surface area contributed by atoms with E-state index in [1.807, 2.05) is 31.2 Å². The van der Waals surface area contributed by atoms with Gasteiger partial charge in [-0.25, -0.2) is 4.98 Å². The van der Waals surface area contributed by atoms with Gasteiger partial charge in [0.15, 0.2) is 0 Å². The summed E-state index contributed by atoms with van der Waals surface area (Å²) >= 11 is 7.46. The fourth-order valence-electron chi connectivity index (χ4n) is 1.50. The molecule has 4 heteroatoms. The van der Waals surface area contributed by atoms with Crippen LogP contribution in [-0.2, 0) is 0 Å². The standard InChI is InChI=1S/C12H12ClNOS/c1-7(15)12-14-11(8(2)16-12)9-4-3-5-10(13)6-9/h3-7,15H,1-2H3. The predicted molar refractivity (Wildman–Crippen MR) is 67.9 cm³/mol. The van der Waals surface area contributed by atoms with Crippen molar-refractivity contribution in [1.82, 2.24) is 4.98 Å². The molecule has 0 aliphatic heterocycles. The second kappa shape index (κ2) is 4.53. The number of nitrogens with zero attached hydrogens (tertiary/aromatic N) is 1. The smallest absolute Gasteiger partial charge is 0.122 e. The molecule has 0 fully saturated rings. The molecule has 1 heterocycles. The summed E-state index contributed by atoms with van der Waals surface area (Å²) in [5, 5.41) is 10.9. The summed E-state index contributed by atoms with van der Waals surface area (Å²) in [6.45, 7) is 3.72. The van der Waals surface area contributed by atoms with Crippen LogP contribution in [0.15, 0.2) is 24.3 Å². The van der Waals surface area contributed by atoms with Gasteiger partial charge in [-0.15, -0.1) is 11.3 Å². The van der Waals surface area contributed by atoms with Crippen LogP contribution in [0.25, 0.3) is 11.3 Å². The molecule has 0 bridgehead atoms. The van der Waals surface area contributed by atoms with Gasteiger partial charge in [-0.3, -0.25) is 0 Å². The number of aromatic nitrogens is 1. The molecule has 2 rings (SSSR count). The van der Waals surface area contributed by atoms with Crippen LogP contribution in [-0.4, -0.2) is 10.1 Å². The highest BCUT2D eigenvalue weighted by Crippen LogP contribution is 2.31. The zero-order chi connectivity index (χ0) is 11.7. The number of benzene rings is 1. The Bertz CT molecular complexity index is 507. The SMILES string of the molecule is Cc1sc(C(C)O)nc1-c1cccc(Cl)c1. The molecule has 1 atom stereocenters. The Morgan fingerprint density at radius 3 is 2.75 bits per heavy atom. The molecule has 0 aliphatic rings. The first kappa shape index (κ1) is 11.6. The molecule has 0 saturated carbocycles. The molecule has 1 unspecified atom stereocenters. The van der Waals surface area contributed by atoms with E-state index in [-0.39, 0.29) is 0 Å². The number of aliphatic hydroxyl groups excluding tert-OH is 1. The average Bonchev–Trinajstić information content (AvgIpc) is 2.60. The van der Waals surface area contributed by atoms with Crippen LogP contribution in [0, 0.1) is 6.92 Å². The average molecular weight is 254 g/mol. The minimum absolute atomic E-state index is 0.517. The summed E-state index contributed by atoms with van der Waals surface area (Å²) in [7, 11) is 0. The Balaban J connectivity index is 2.48.